The van der Waals surface area contributed by atoms with E-state index in [0.717, 1.165) is 4.57 Å². The van der Waals surface area contributed by atoms with Gasteiger partial charge >= 0.3 is 11.4 Å². The van der Waals surface area contributed by atoms with Crippen molar-refractivity contribution in [1.82, 2.24) is 14.0 Å². The van der Waals surface area contributed by atoms with Crippen molar-refractivity contribution in [3.8, 4) is 0 Å². The SMILES string of the molecule is CC(C)n1c(=O)nc2ccccn2c1=O. The van der Waals surface area contributed by atoms with E-state index in [4.69, 9.17) is 0 Å². The lowest BCUT2D eigenvalue weighted by atomic mass is 10.4. The van der Waals surface area contributed by atoms with Gasteiger partial charge in [0.2, 0.25) is 0 Å². The van der Waals surface area contributed by atoms with Crippen molar-refractivity contribution >= 4 is 5.65 Å². The molecule has 5 heteroatoms. The molecule has 0 unspecified atom stereocenters. The van der Waals surface area contributed by atoms with E-state index in [-0.39, 0.29) is 11.7 Å². The number of pyridine rings is 1. The van der Waals surface area contributed by atoms with Gasteiger partial charge in [-0.05, 0) is 26.0 Å². The minimum absolute atomic E-state index is 0.186. The van der Waals surface area contributed by atoms with Crippen LogP contribution in [0.1, 0.15) is 19.9 Å². The summed E-state index contributed by atoms with van der Waals surface area (Å²) in [7, 11) is 0. The van der Waals surface area contributed by atoms with Gasteiger partial charge in [-0.25, -0.2) is 14.2 Å². The Morgan fingerprint density at radius 1 is 1.27 bits per heavy atom. The first-order valence-electron chi connectivity index (χ1n) is 4.71. The maximum atomic E-state index is 11.9. The minimum atomic E-state index is -0.499. The van der Waals surface area contributed by atoms with Crippen LogP contribution in [0.4, 0.5) is 0 Å². The van der Waals surface area contributed by atoms with Gasteiger partial charge in [0, 0.05) is 12.2 Å². The summed E-state index contributed by atoms with van der Waals surface area (Å²) in [6.07, 6.45) is 1.60. The summed E-state index contributed by atoms with van der Waals surface area (Å²) >= 11 is 0. The number of nitrogens with zero attached hydrogens (tertiary/aromatic N) is 3. The highest BCUT2D eigenvalue weighted by molar-refractivity contribution is 5.35. The van der Waals surface area contributed by atoms with E-state index in [1.54, 1.807) is 38.2 Å². The van der Waals surface area contributed by atoms with Crippen molar-refractivity contribution in [3.63, 3.8) is 0 Å². The van der Waals surface area contributed by atoms with Crippen LogP contribution < -0.4 is 11.4 Å². The average molecular weight is 205 g/mol. The Balaban J connectivity index is 2.97. The number of fused-ring (bicyclic) bond motifs is 1. The monoisotopic (exact) mass is 205 g/mol. The fraction of sp³-hybridized carbons (Fsp3) is 0.300. The third kappa shape index (κ3) is 1.45. The second-order valence-electron chi connectivity index (χ2n) is 3.57. The topological polar surface area (TPSA) is 56.4 Å². The third-order valence-electron chi connectivity index (χ3n) is 2.18. The van der Waals surface area contributed by atoms with Crippen LogP contribution in [0.2, 0.25) is 0 Å². The van der Waals surface area contributed by atoms with Crippen LogP contribution in [-0.4, -0.2) is 14.0 Å². The zero-order valence-electron chi connectivity index (χ0n) is 8.54. The summed E-state index contributed by atoms with van der Waals surface area (Å²) in [6.45, 7) is 3.56. The molecule has 0 aliphatic carbocycles. The number of hydrogen-bond acceptors (Lipinski definition) is 3. The molecule has 0 fully saturated rings. The average Bonchev–Trinajstić information content (AvgIpc) is 2.17. The molecule has 2 heterocycles. The Morgan fingerprint density at radius 3 is 2.67 bits per heavy atom. The standard InChI is InChI=1S/C10H11N3O2/c1-7(2)13-9(14)11-8-5-3-4-6-12(8)10(13)15/h3-7H,1-2H3. The summed E-state index contributed by atoms with van der Waals surface area (Å²) < 4.78 is 2.49. The first-order chi connectivity index (χ1) is 7.11. The number of rotatable bonds is 1. The van der Waals surface area contributed by atoms with Gasteiger partial charge in [0.05, 0.1) is 0 Å². The molecule has 2 aromatic heterocycles. The van der Waals surface area contributed by atoms with Crippen LogP contribution in [0.15, 0.2) is 34.0 Å². The molecule has 0 radical (unpaired) electrons. The predicted octanol–water partition coefficient (Wildman–Crippen LogP) is 0.437. The Hall–Kier alpha value is -1.91. The third-order valence-corrected chi connectivity index (χ3v) is 2.18. The molecule has 0 saturated heterocycles. The van der Waals surface area contributed by atoms with Crippen molar-refractivity contribution < 1.29 is 0 Å². The molecule has 15 heavy (non-hydrogen) atoms. The first kappa shape index (κ1) is 9.64. The van der Waals surface area contributed by atoms with Crippen LogP contribution in [0, 0.1) is 0 Å². The predicted molar refractivity (Wildman–Crippen MR) is 56.1 cm³/mol. The van der Waals surface area contributed by atoms with Gasteiger partial charge in [0.15, 0.2) is 0 Å². The molecule has 78 valence electrons. The smallest absolute Gasteiger partial charge is 0.253 e. The highest BCUT2D eigenvalue weighted by atomic mass is 16.2. The molecule has 0 bridgehead atoms. The van der Waals surface area contributed by atoms with Crippen LogP contribution in [0.3, 0.4) is 0 Å². The van der Waals surface area contributed by atoms with E-state index in [9.17, 15) is 9.59 Å². The van der Waals surface area contributed by atoms with Crippen molar-refractivity contribution in [2.75, 3.05) is 0 Å². The largest absolute Gasteiger partial charge is 0.353 e. The fourth-order valence-electron chi connectivity index (χ4n) is 1.48. The lowest BCUT2D eigenvalue weighted by molar-refractivity contribution is 0.525. The lowest BCUT2D eigenvalue weighted by Gasteiger charge is -2.08. The molecule has 0 spiro atoms. The number of aromatic nitrogens is 3. The Morgan fingerprint density at radius 2 is 2.00 bits per heavy atom. The van der Waals surface area contributed by atoms with Gasteiger partial charge in [-0.3, -0.25) is 4.40 Å². The van der Waals surface area contributed by atoms with Gasteiger partial charge in [-0.1, -0.05) is 6.07 Å². The Bertz CT molecular complexity index is 610. The molecule has 0 saturated carbocycles. The van der Waals surface area contributed by atoms with E-state index >= 15 is 0 Å². The molecule has 0 atom stereocenters. The maximum Gasteiger partial charge on any atom is 0.353 e. The van der Waals surface area contributed by atoms with Gasteiger partial charge in [-0.2, -0.15) is 4.98 Å². The zero-order chi connectivity index (χ0) is 11.0. The molecule has 2 aromatic rings. The molecule has 2 rings (SSSR count). The zero-order valence-corrected chi connectivity index (χ0v) is 8.54. The maximum absolute atomic E-state index is 11.9. The summed E-state index contributed by atoms with van der Waals surface area (Å²) in [6, 6.07) is 4.91. The second kappa shape index (κ2) is 3.34. The van der Waals surface area contributed by atoms with Crippen LogP contribution in [-0.2, 0) is 0 Å². The highest BCUT2D eigenvalue weighted by Crippen LogP contribution is 1.96. The van der Waals surface area contributed by atoms with Crippen molar-refractivity contribution in [2.45, 2.75) is 19.9 Å². The van der Waals surface area contributed by atoms with Gasteiger partial charge in [0.25, 0.3) is 0 Å². The normalized spacial score (nSPS) is 11.1. The summed E-state index contributed by atoms with van der Waals surface area (Å²) in [5.41, 5.74) is -0.466. The molecule has 0 N–H and O–H groups in total. The van der Waals surface area contributed by atoms with Crippen LogP contribution in [0.25, 0.3) is 5.65 Å². The highest BCUT2D eigenvalue weighted by Gasteiger charge is 2.09. The van der Waals surface area contributed by atoms with E-state index in [2.05, 4.69) is 4.98 Å². The van der Waals surface area contributed by atoms with Crippen LogP contribution in [0.5, 0.6) is 0 Å². The number of hydrogen-bond donors (Lipinski definition) is 0. The van der Waals surface area contributed by atoms with E-state index in [1.165, 1.54) is 4.40 Å². The van der Waals surface area contributed by atoms with Crippen molar-refractivity contribution in [3.05, 3.63) is 45.4 Å². The van der Waals surface area contributed by atoms with Gasteiger partial charge in [-0.15, -0.1) is 0 Å². The Kier molecular flexibility index (Phi) is 2.15. The van der Waals surface area contributed by atoms with Gasteiger partial charge in [0.1, 0.15) is 5.65 Å². The second-order valence-corrected chi connectivity index (χ2v) is 3.57. The molecule has 0 aromatic carbocycles. The minimum Gasteiger partial charge on any atom is -0.253 e. The molecular formula is C10H11N3O2. The Labute approximate surface area is 85.6 Å². The van der Waals surface area contributed by atoms with Crippen molar-refractivity contribution in [1.29, 1.82) is 0 Å². The molecule has 0 amide bonds. The van der Waals surface area contributed by atoms with E-state index in [0.29, 0.717) is 5.65 Å². The van der Waals surface area contributed by atoms with Gasteiger partial charge < -0.3 is 0 Å². The molecular weight excluding hydrogens is 194 g/mol. The fourth-order valence-corrected chi connectivity index (χ4v) is 1.48. The molecule has 0 aliphatic rings. The lowest BCUT2D eigenvalue weighted by Crippen LogP contribution is -2.40. The summed E-state index contributed by atoms with van der Waals surface area (Å²) in [5, 5.41) is 0. The summed E-state index contributed by atoms with van der Waals surface area (Å²) in [4.78, 5) is 27.2. The van der Waals surface area contributed by atoms with E-state index in [1.807, 2.05) is 0 Å². The summed E-state index contributed by atoms with van der Waals surface area (Å²) in [5.74, 6) is 0. The quantitative estimate of drug-likeness (QED) is 0.678. The van der Waals surface area contributed by atoms with Crippen LogP contribution >= 0.6 is 0 Å². The van der Waals surface area contributed by atoms with E-state index < -0.39 is 5.69 Å². The van der Waals surface area contributed by atoms with Crippen molar-refractivity contribution in [2.24, 2.45) is 0 Å². The molecule has 0 aliphatic heterocycles. The first-order valence-corrected chi connectivity index (χ1v) is 4.71. The molecule has 5 nitrogen and oxygen atoms in total.